The van der Waals surface area contributed by atoms with Crippen LogP contribution in [0.25, 0.3) is 11.0 Å². The van der Waals surface area contributed by atoms with Crippen molar-refractivity contribution in [2.24, 2.45) is 20.2 Å². The third-order valence-electron chi connectivity index (χ3n) is 3.91. The van der Waals surface area contributed by atoms with Gasteiger partial charge >= 0.3 is 0 Å². The molecular weight excluding hydrogens is 300 g/mol. The van der Waals surface area contributed by atoms with E-state index in [1.807, 2.05) is 62.4 Å². The Kier molecular flexibility index (Phi) is 3.49. The van der Waals surface area contributed by atoms with Crippen LogP contribution in [0.2, 0.25) is 0 Å². The van der Waals surface area contributed by atoms with E-state index in [4.69, 9.17) is 0 Å². The monoisotopic (exact) mass is 316 g/mol. The quantitative estimate of drug-likeness (QED) is 0.669. The maximum absolute atomic E-state index is 4.64. The summed E-state index contributed by atoms with van der Waals surface area (Å²) in [5, 5.41) is 8.69. The zero-order valence-electron chi connectivity index (χ0n) is 13.4. The van der Waals surface area contributed by atoms with Crippen LogP contribution >= 0.6 is 0 Å². The first-order chi connectivity index (χ1) is 11.7. The van der Waals surface area contributed by atoms with Gasteiger partial charge in [0.1, 0.15) is 6.04 Å². The first-order valence-electron chi connectivity index (χ1n) is 7.76. The van der Waals surface area contributed by atoms with Crippen LogP contribution < -0.4 is 0 Å². The summed E-state index contributed by atoms with van der Waals surface area (Å²) < 4.78 is 0. The van der Waals surface area contributed by atoms with Crippen LogP contribution in [0.15, 0.2) is 68.7 Å². The Bertz CT molecular complexity index is 923. The molecule has 118 valence electrons. The van der Waals surface area contributed by atoms with Gasteiger partial charge in [-0.25, -0.2) is 4.98 Å². The SMILES string of the molecule is CC1=Nc2ccccc2N=C(C)C1N=Nc1nc2ccccc2[nH]1. The van der Waals surface area contributed by atoms with Crippen LogP contribution in [0.4, 0.5) is 17.3 Å². The van der Waals surface area contributed by atoms with E-state index >= 15 is 0 Å². The maximum atomic E-state index is 4.64. The molecule has 0 bridgehead atoms. The van der Waals surface area contributed by atoms with Crippen LogP contribution in [-0.2, 0) is 0 Å². The number of imidazole rings is 1. The Labute approximate surface area is 139 Å². The fourth-order valence-electron chi connectivity index (χ4n) is 2.72. The minimum absolute atomic E-state index is 0.286. The van der Waals surface area contributed by atoms with Gasteiger partial charge in [0, 0.05) is 11.4 Å². The van der Waals surface area contributed by atoms with Crippen LogP contribution in [0, 0.1) is 0 Å². The molecule has 2 heterocycles. The Morgan fingerprint density at radius 1 is 0.875 bits per heavy atom. The molecule has 4 rings (SSSR count). The number of para-hydroxylation sites is 4. The number of azo groups is 1. The van der Waals surface area contributed by atoms with Crippen molar-refractivity contribution in [3.8, 4) is 0 Å². The summed E-state index contributed by atoms with van der Waals surface area (Å²) in [5.74, 6) is 0.485. The smallest absolute Gasteiger partial charge is 0.247 e. The predicted octanol–water partition coefficient (Wildman–Crippen LogP) is 4.91. The standard InChI is InChI=1S/C18H16N6/c1-11-17(12(2)20-14-8-4-3-7-13(14)19-11)23-24-18-21-15-9-5-6-10-16(15)22-18/h3-10,17H,1-2H3,(H,21,22). The number of nitrogens with zero attached hydrogens (tertiary/aromatic N) is 5. The highest BCUT2D eigenvalue weighted by Gasteiger charge is 2.19. The molecule has 0 fully saturated rings. The van der Waals surface area contributed by atoms with Crippen molar-refractivity contribution in [2.45, 2.75) is 19.9 Å². The first-order valence-corrected chi connectivity index (χ1v) is 7.76. The van der Waals surface area contributed by atoms with E-state index in [2.05, 4.69) is 30.2 Å². The molecule has 6 nitrogen and oxygen atoms in total. The topological polar surface area (TPSA) is 78.1 Å². The van der Waals surface area contributed by atoms with E-state index in [-0.39, 0.29) is 6.04 Å². The van der Waals surface area contributed by atoms with Crippen molar-refractivity contribution in [2.75, 3.05) is 0 Å². The van der Waals surface area contributed by atoms with E-state index in [1.54, 1.807) is 0 Å². The van der Waals surface area contributed by atoms with Gasteiger partial charge in [-0.1, -0.05) is 24.3 Å². The van der Waals surface area contributed by atoms with Gasteiger partial charge in [0.05, 0.1) is 22.4 Å². The van der Waals surface area contributed by atoms with E-state index in [0.29, 0.717) is 5.95 Å². The summed E-state index contributed by atoms with van der Waals surface area (Å²) in [7, 11) is 0. The summed E-state index contributed by atoms with van der Waals surface area (Å²) in [6.07, 6.45) is 0. The number of hydrogen-bond acceptors (Lipinski definition) is 5. The Balaban J connectivity index is 1.69. The summed E-state index contributed by atoms with van der Waals surface area (Å²) in [6.45, 7) is 3.90. The normalized spacial score (nSPS) is 15.2. The van der Waals surface area contributed by atoms with Crippen LogP contribution in [-0.4, -0.2) is 27.4 Å². The molecule has 0 spiro atoms. The second-order valence-electron chi connectivity index (χ2n) is 5.69. The molecule has 0 atom stereocenters. The molecule has 1 aromatic heterocycles. The van der Waals surface area contributed by atoms with Gasteiger partial charge in [-0.05, 0) is 38.1 Å². The molecule has 0 radical (unpaired) electrons. The zero-order valence-corrected chi connectivity index (χ0v) is 13.4. The summed E-state index contributed by atoms with van der Waals surface area (Å²) >= 11 is 0. The van der Waals surface area contributed by atoms with Gasteiger partial charge in [0.2, 0.25) is 5.95 Å². The lowest BCUT2D eigenvalue weighted by atomic mass is 10.1. The van der Waals surface area contributed by atoms with Crippen molar-refractivity contribution < 1.29 is 0 Å². The van der Waals surface area contributed by atoms with Gasteiger partial charge in [-0.15, -0.1) is 5.11 Å². The van der Waals surface area contributed by atoms with Gasteiger partial charge in [0.25, 0.3) is 0 Å². The van der Waals surface area contributed by atoms with Crippen molar-refractivity contribution in [3.05, 3.63) is 48.5 Å². The molecule has 6 heteroatoms. The summed E-state index contributed by atoms with van der Waals surface area (Å²) in [5.41, 5.74) is 5.25. The van der Waals surface area contributed by atoms with Gasteiger partial charge < -0.3 is 4.98 Å². The number of aromatic nitrogens is 2. The van der Waals surface area contributed by atoms with Gasteiger partial charge in [0.15, 0.2) is 0 Å². The van der Waals surface area contributed by atoms with Crippen LogP contribution in [0.1, 0.15) is 13.8 Å². The molecule has 0 aliphatic carbocycles. The van der Waals surface area contributed by atoms with Gasteiger partial charge in [-0.2, -0.15) is 5.11 Å². The lowest BCUT2D eigenvalue weighted by molar-refractivity contribution is 0.968. The Morgan fingerprint density at radius 2 is 1.50 bits per heavy atom. The molecule has 1 N–H and O–H groups in total. The number of H-pyrrole nitrogens is 1. The second-order valence-corrected chi connectivity index (χ2v) is 5.69. The van der Waals surface area contributed by atoms with E-state index in [9.17, 15) is 0 Å². The molecule has 3 aromatic rings. The molecule has 0 saturated heterocycles. The fraction of sp³-hybridized carbons (Fsp3) is 0.167. The van der Waals surface area contributed by atoms with Crippen molar-refractivity contribution >= 4 is 39.8 Å². The number of fused-ring (bicyclic) bond motifs is 2. The summed E-state index contributed by atoms with van der Waals surface area (Å²) in [6, 6.07) is 15.3. The molecular formula is C18H16N6. The first kappa shape index (κ1) is 14.4. The van der Waals surface area contributed by atoms with Crippen LogP contribution in [0.3, 0.4) is 0 Å². The predicted molar refractivity (Wildman–Crippen MR) is 96.4 cm³/mol. The number of benzene rings is 2. The highest BCUT2D eigenvalue weighted by molar-refractivity contribution is 6.12. The highest BCUT2D eigenvalue weighted by Crippen LogP contribution is 2.31. The minimum Gasteiger partial charge on any atom is -0.321 e. The van der Waals surface area contributed by atoms with E-state index in [1.165, 1.54) is 0 Å². The average molecular weight is 316 g/mol. The van der Waals surface area contributed by atoms with E-state index < -0.39 is 0 Å². The van der Waals surface area contributed by atoms with Crippen molar-refractivity contribution in [1.29, 1.82) is 0 Å². The molecule has 0 amide bonds. The number of aromatic amines is 1. The summed E-state index contributed by atoms with van der Waals surface area (Å²) in [4.78, 5) is 16.8. The Morgan fingerprint density at radius 3 is 2.17 bits per heavy atom. The third kappa shape index (κ3) is 2.62. The number of nitrogens with one attached hydrogen (secondary N) is 1. The Hall–Kier alpha value is -3.15. The van der Waals surface area contributed by atoms with Crippen molar-refractivity contribution in [1.82, 2.24) is 9.97 Å². The molecule has 0 unspecified atom stereocenters. The zero-order chi connectivity index (χ0) is 16.5. The largest absolute Gasteiger partial charge is 0.321 e. The van der Waals surface area contributed by atoms with Gasteiger partial charge in [-0.3, -0.25) is 9.98 Å². The average Bonchev–Trinajstić information content (AvgIpc) is 2.94. The second kappa shape index (κ2) is 5.81. The minimum atomic E-state index is -0.286. The maximum Gasteiger partial charge on any atom is 0.247 e. The molecule has 1 aliphatic rings. The lowest BCUT2D eigenvalue weighted by Gasteiger charge is -2.07. The lowest BCUT2D eigenvalue weighted by Crippen LogP contribution is -2.22. The van der Waals surface area contributed by atoms with E-state index in [0.717, 1.165) is 33.8 Å². The number of hydrogen-bond donors (Lipinski definition) is 1. The molecule has 0 saturated carbocycles. The molecule has 24 heavy (non-hydrogen) atoms. The number of rotatable bonds is 2. The molecule has 1 aliphatic heterocycles. The molecule has 2 aromatic carbocycles. The number of aliphatic imine (C=N–C) groups is 2. The van der Waals surface area contributed by atoms with Crippen molar-refractivity contribution in [3.63, 3.8) is 0 Å². The third-order valence-corrected chi connectivity index (χ3v) is 3.91. The highest BCUT2D eigenvalue weighted by atomic mass is 15.2. The van der Waals surface area contributed by atoms with Crippen LogP contribution in [0.5, 0.6) is 0 Å². The fourth-order valence-corrected chi connectivity index (χ4v) is 2.72.